The third kappa shape index (κ3) is 4.07. The molecule has 3 N–H and O–H groups in total. The summed E-state index contributed by atoms with van der Waals surface area (Å²) in [6.07, 6.45) is 3.93. The van der Waals surface area contributed by atoms with Crippen molar-refractivity contribution in [2.45, 2.75) is 52.1 Å². The van der Waals surface area contributed by atoms with Crippen LogP contribution in [0.1, 0.15) is 45.2 Å². The van der Waals surface area contributed by atoms with Gasteiger partial charge in [-0.05, 0) is 45.4 Å². The molecule has 0 atom stereocenters. The fourth-order valence-electron chi connectivity index (χ4n) is 2.63. The van der Waals surface area contributed by atoms with Crippen LogP contribution in [0.25, 0.3) is 0 Å². The predicted octanol–water partition coefficient (Wildman–Crippen LogP) is 2.57. The maximum absolute atomic E-state index is 10.6. The van der Waals surface area contributed by atoms with Gasteiger partial charge < -0.3 is 15.7 Å². The second-order valence-electron chi connectivity index (χ2n) is 6.01. The van der Waals surface area contributed by atoms with Gasteiger partial charge in [0.2, 0.25) is 5.95 Å². The lowest BCUT2D eigenvalue weighted by atomic mass is 9.79. The monoisotopic (exact) mass is 278 g/mol. The van der Waals surface area contributed by atoms with E-state index in [1.807, 2.05) is 19.9 Å². The van der Waals surface area contributed by atoms with Crippen LogP contribution in [0.15, 0.2) is 6.07 Å². The largest absolute Gasteiger partial charge is 0.388 e. The molecular formula is C15H26N4O. The van der Waals surface area contributed by atoms with Gasteiger partial charge in [0.15, 0.2) is 0 Å². The summed E-state index contributed by atoms with van der Waals surface area (Å²) in [6, 6.07) is 1.91. The number of hydrogen-bond acceptors (Lipinski definition) is 5. The molecule has 20 heavy (non-hydrogen) atoms. The first-order valence-electron chi connectivity index (χ1n) is 7.56. The van der Waals surface area contributed by atoms with E-state index in [0.29, 0.717) is 12.5 Å². The Balaban J connectivity index is 1.96. The second kappa shape index (κ2) is 6.39. The molecule has 1 aromatic rings. The molecule has 1 aliphatic rings. The van der Waals surface area contributed by atoms with E-state index in [2.05, 4.69) is 27.5 Å². The zero-order valence-corrected chi connectivity index (χ0v) is 12.7. The van der Waals surface area contributed by atoms with Crippen molar-refractivity contribution in [3.63, 3.8) is 0 Å². The van der Waals surface area contributed by atoms with Crippen LogP contribution in [0.4, 0.5) is 11.8 Å². The van der Waals surface area contributed by atoms with E-state index in [4.69, 9.17) is 0 Å². The summed E-state index contributed by atoms with van der Waals surface area (Å²) in [4.78, 5) is 8.73. The van der Waals surface area contributed by atoms with Crippen molar-refractivity contribution >= 4 is 11.8 Å². The third-order valence-corrected chi connectivity index (χ3v) is 3.99. The van der Waals surface area contributed by atoms with Gasteiger partial charge in [0, 0.05) is 24.8 Å². The van der Waals surface area contributed by atoms with Gasteiger partial charge in [-0.3, -0.25) is 0 Å². The third-order valence-electron chi connectivity index (χ3n) is 3.99. The Labute approximate surface area is 121 Å². The number of aromatic nitrogens is 2. The van der Waals surface area contributed by atoms with Crippen molar-refractivity contribution < 1.29 is 5.11 Å². The highest BCUT2D eigenvalue weighted by molar-refractivity contribution is 5.42. The molecule has 0 unspecified atom stereocenters. The number of nitrogens with zero attached hydrogens (tertiary/aromatic N) is 2. The number of hydrogen-bond donors (Lipinski definition) is 3. The fraction of sp³-hybridized carbons (Fsp3) is 0.733. The Morgan fingerprint density at radius 3 is 2.65 bits per heavy atom. The smallest absolute Gasteiger partial charge is 0.224 e. The first-order chi connectivity index (χ1) is 9.50. The molecule has 0 aliphatic heterocycles. The highest BCUT2D eigenvalue weighted by Crippen LogP contribution is 2.31. The summed E-state index contributed by atoms with van der Waals surface area (Å²) in [6.45, 7) is 7.57. The van der Waals surface area contributed by atoms with E-state index < -0.39 is 5.60 Å². The van der Waals surface area contributed by atoms with Crippen molar-refractivity contribution in [3.05, 3.63) is 11.8 Å². The van der Waals surface area contributed by atoms with Gasteiger partial charge in [-0.15, -0.1) is 0 Å². The van der Waals surface area contributed by atoms with Crippen molar-refractivity contribution in [2.75, 3.05) is 23.7 Å². The molecule has 1 aliphatic carbocycles. The lowest BCUT2D eigenvalue weighted by Gasteiger charge is -2.35. The van der Waals surface area contributed by atoms with Crippen LogP contribution in [0.5, 0.6) is 0 Å². The van der Waals surface area contributed by atoms with Crippen molar-refractivity contribution in [3.8, 4) is 0 Å². The number of nitrogens with one attached hydrogen (secondary N) is 2. The standard InChI is InChI=1S/C15H26N4O/c1-4-16-14-18-12(3)9-13(19-14)17-10-15(20)7-5-11(2)6-8-15/h9,11,20H,4-8,10H2,1-3H3,(H2,16,17,18,19). The molecule has 0 aromatic carbocycles. The summed E-state index contributed by atoms with van der Waals surface area (Å²) in [5.74, 6) is 2.15. The Bertz CT molecular complexity index is 441. The Morgan fingerprint density at radius 1 is 1.30 bits per heavy atom. The highest BCUT2D eigenvalue weighted by atomic mass is 16.3. The van der Waals surface area contributed by atoms with Gasteiger partial charge in [-0.25, -0.2) is 4.98 Å². The maximum Gasteiger partial charge on any atom is 0.224 e. The molecule has 1 fully saturated rings. The number of aryl methyl sites for hydroxylation is 1. The van der Waals surface area contributed by atoms with Crippen molar-refractivity contribution in [2.24, 2.45) is 5.92 Å². The van der Waals surface area contributed by atoms with Crippen molar-refractivity contribution in [1.29, 1.82) is 0 Å². The van der Waals surface area contributed by atoms with E-state index in [0.717, 1.165) is 49.7 Å². The van der Waals surface area contributed by atoms with E-state index in [1.54, 1.807) is 0 Å². The van der Waals surface area contributed by atoms with Gasteiger partial charge in [0.05, 0.1) is 5.60 Å². The van der Waals surface area contributed by atoms with Crippen LogP contribution in [0, 0.1) is 12.8 Å². The molecule has 5 heteroatoms. The fourth-order valence-corrected chi connectivity index (χ4v) is 2.63. The van der Waals surface area contributed by atoms with Gasteiger partial charge >= 0.3 is 0 Å². The van der Waals surface area contributed by atoms with E-state index in [-0.39, 0.29) is 0 Å². The minimum absolute atomic E-state index is 0.557. The van der Waals surface area contributed by atoms with Crippen LogP contribution in [0.2, 0.25) is 0 Å². The van der Waals surface area contributed by atoms with Crippen LogP contribution in [0.3, 0.4) is 0 Å². The summed E-state index contributed by atoms with van der Waals surface area (Å²) in [5, 5.41) is 17.0. The van der Waals surface area contributed by atoms with E-state index in [1.165, 1.54) is 0 Å². The number of aliphatic hydroxyl groups is 1. The van der Waals surface area contributed by atoms with Crippen LogP contribution >= 0.6 is 0 Å². The molecule has 0 amide bonds. The van der Waals surface area contributed by atoms with Crippen LogP contribution < -0.4 is 10.6 Å². The number of rotatable bonds is 5. The Kier molecular flexibility index (Phi) is 4.81. The quantitative estimate of drug-likeness (QED) is 0.772. The maximum atomic E-state index is 10.6. The molecule has 1 aromatic heterocycles. The lowest BCUT2D eigenvalue weighted by molar-refractivity contribution is 0.00494. The Morgan fingerprint density at radius 2 is 2.00 bits per heavy atom. The summed E-state index contributed by atoms with van der Waals surface area (Å²) >= 11 is 0. The van der Waals surface area contributed by atoms with Crippen LogP contribution in [-0.2, 0) is 0 Å². The summed E-state index contributed by atoms with van der Waals surface area (Å²) < 4.78 is 0. The average Bonchev–Trinajstić information content (AvgIpc) is 2.40. The topological polar surface area (TPSA) is 70.1 Å². The molecule has 0 bridgehead atoms. The van der Waals surface area contributed by atoms with Gasteiger partial charge in [-0.2, -0.15) is 4.98 Å². The van der Waals surface area contributed by atoms with Gasteiger partial charge in [0.25, 0.3) is 0 Å². The molecule has 1 heterocycles. The minimum atomic E-state index is -0.594. The molecule has 5 nitrogen and oxygen atoms in total. The summed E-state index contributed by atoms with van der Waals surface area (Å²) in [7, 11) is 0. The van der Waals surface area contributed by atoms with Crippen LogP contribution in [-0.4, -0.2) is 33.8 Å². The molecule has 0 radical (unpaired) electrons. The average molecular weight is 278 g/mol. The van der Waals surface area contributed by atoms with Gasteiger partial charge in [0.1, 0.15) is 5.82 Å². The predicted molar refractivity (Wildman–Crippen MR) is 82.0 cm³/mol. The molecular weight excluding hydrogens is 252 g/mol. The molecule has 112 valence electrons. The lowest BCUT2D eigenvalue weighted by Crippen LogP contribution is -2.40. The first kappa shape index (κ1) is 15.0. The van der Waals surface area contributed by atoms with E-state index >= 15 is 0 Å². The minimum Gasteiger partial charge on any atom is -0.388 e. The van der Waals surface area contributed by atoms with Crippen molar-refractivity contribution in [1.82, 2.24) is 9.97 Å². The molecule has 1 saturated carbocycles. The molecule has 0 spiro atoms. The normalized spacial score (nSPS) is 26.3. The Hall–Kier alpha value is -1.36. The molecule has 2 rings (SSSR count). The number of anilines is 2. The zero-order valence-electron chi connectivity index (χ0n) is 12.7. The first-order valence-corrected chi connectivity index (χ1v) is 7.56. The zero-order chi connectivity index (χ0) is 14.6. The molecule has 0 saturated heterocycles. The SMILES string of the molecule is CCNc1nc(C)cc(NCC2(O)CCC(C)CC2)n1. The van der Waals surface area contributed by atoms with Gasteiger partial charge in [-0.1, -0.05) is 6.92 Å². The second-order valence-corrected chi connectivity index (χ2v) is 6.01. The highest BCUT2D eigenvalue weighted by Gasteiger charge is 2.31. The summed E-state index contributed by atoms with van der Waals surface area (Å²) in [5.41, 5.74) is 0.326. The van der Waals surface area contributed by atoms with E-state index in [9.17, 15) is 5.11 Å².